The van der Waals surface area contributed by atoms with Crippen LogP contribution in [0.15, 0.2) is 0 Å². The van der Waals surface area contributed by atoms with Gasteiger partial charge in [0.1, 0.15) is 0 Å². The zero-order valence-corrected chi connectivity index (χ0v) is 10.5. The number of rotatable bonds is 2. The Morgan fingerprint density at radius 1 is 1.53 bits per heavy atom. The van der Waals surface area contributed by atoms with E-state index in [2.05, 4.69) is 0 Å². The van der Waals surface area contributed by atoms with Crippen molar-refractivity contribution in [3.05, 3.63) is 0 Å². The van der Waals surface area contributed by atoms with Crippen LogP contribution >= 0.6 is 0 Å². The fraction of sp³-hybridized carbons (Fsp3) is 0.917. The molecule has 0 radical (unpaired) electrons. The molecule has 0 unspecified atom stereocenters. The van der Waals surface area contributed by atoms with Crippen LogP contribution in [0.4, 0.5) is 0 Å². The van der Waals surface area contributed by atoms with Gasteiger partial charge in [-0.05, 0) is 32.1 Å². The number of hydrogen-bond acceptors (Lipinski definition) is 2. The van der Waals surface area contributed by atoms with E-state index in [9.17, 15) is 9.90 Å². The van der Waals surface area contributed by atoms with E-state index in [0.717, 1.165) is 12.8 Å². The SMILES string of the molecule is CC[C@@]1(O)[C@@H](C)CC[C@]1(C)C(=O)N(C)C. The molecule has 1 N–H and O–H groups in total. The fourth-order valence-corrected chi connectivity index (χ4v) is 3.03. The third kappa shape index (κ3) is 1.57. The maximum absolute atomic E-state index is 12.2. The minimum absolute atomic E-state index is 0.0520. The largest absolute Gasteiger partial charge is 0.389 e. The summed E-state index contributed by atoms with van der Waals surface area (Å²) in [5, 5.41) is 10.7. The molecule has 0 aromatic heterocycles. The molecule has 1 aliphatic carbocycles. The molecule has 3 nitrogen and oxygen atoms in total. The predicted octanol–water partition coefficient (Wildman–Crippen LogP) is 1.65. The first-order valence-corrected chi connectivity index (χ1v) is 5.73. The van der Waals surface area contributed by atoms with Crippen molar-refractivity contribution in [1.29, 1.82) is 0 Å². The van der Waals surface area contributed by atoms with Crippen molar-refractivity contribution in [2.75, 3.05) is 14.1 Å². The van der Waals surface area contributed by atoms with Gasteiger partial charge in [-0.2, -0.15) is 0 Å². The zero-order chi connectivity index (χ0) is 11.9. The highest BCUT2D eigenvalue weighted by Crippen LogP contribution is 2.52. The number of hydrogen-bond donors (Lipinski definition) is 1. The fourth-order valence-electron chi connectivity index (χ4n) is 3.03. The molecule has 88 valence electrons. The van der Waals surface area contributed by atoms with Gasteiger partial charge in [-0.25, -0.2) is 0 Å². The van der Waals surface area contributed by atoms with Gasteiger partial charge in [0.05, 0.1) is 11.0 Å². The standard InChI is InChI=1S/C12H23NO2/c1-6-12(15)9(2)7-8-11(12,3)10(14)13(4)5/h9,15H,6-8H2,1-5H3/t9-,11+,12+/m0/s1. The molecule has 0 bridgehead atoms. The normalized spacial score (nSPS) is 40.5. The zero-order valence-electron chi connectivity index (χ0n) is 10.5. The summed E-state index contributed by atoms with van der Waals surface area (Å²) in [6, 6.07) is 0. The molecule has 0 heterocycles. The molecule has 3 heteroatoms. The summed E-state index contributed by atoms with van der Waals surface area (Å²) < 4.78 is 0. The molecule has 0 spiro atoms. The van der Waals surface area contributed by atoms with Gasteiger partial charge in [0.2, 0.25) is 5.91 Å². The van der Waals surface area contributed by atoms with Crippen molar-refractivity contribution in [1.82, 2.24) is 4.90 Å². The van der Waals surface area contributed by atoms with Crippen LogP contribution in [0, 0.1) is 11.3 Å². The van der Waals surface area contributed by atoms with Gasteiger partial charge in [0.15, 0.2) is 0 Å². The molecule has 3 atom stereocenters. The van der Waals surface area contributed by atoms with Gasteiger partial charge < -0.3 is 10.0 Å². The maximum atomic E-state index is 12.2. The second-order valence-electron chi connectivity index (χ2n) is 5.25. The average molecular weight is 213 g/mol. The molecule has 0 saturated heterocycles. The summed E-state index contributed by atoms with van der Waals surface area (Å²) in [5.74, 6) is 0.257. The molecular formula is C12H23NO2. The van der Waals surface area contributed by atoms with Crippen molar-refractivity contribution < 1.29 is 9.90 Å². The predicted molar refractivity (Wildman–Crippen MR) is 60.4 cm³/mol. The summed E-state index contributed by atoms with van der Waals surface area (Å²) in [6.07, 6.45) is 2.36. The van der Waals surface area contributed by atoms with Crippen LogP contribution in [-0.4, -0.2) is 35.6 Å². The lowest BCUT2D eigenvalue weighted by Gasteiger charge is -2.41. The summed E-state index contributed by atoms with van der Waals surface area (Å²) >= 11 is 0. The van der Waals surface area contributed by atoms with Crippen molar-refractivity contribution in [3.8, 4) is 0 Å². The first-order chi connectivity index (χ1) is 6.79. The Labute approximate surface area is 92.5 Å². The van der Waals surface area contributed by atoms with E-state index in [4.69, 9.17) is 0 Å². The molecule has 1 rings (SSSR count). The number of carbonyl (C=O) groups is 1. The number of nitrogens with zero attached hydrogens (tertiary/aromatic N) is 1. The van der Waals surface area contributed by atoms with Gasteiger partial charge in [-0.15, -0.1) is 0 Å². The van der Waals surface area contributed by atoms with Crippen LogP contribution in [0.1, 0.15) is 40.0 Å². The van der Waals surface area contributed by atoms with Crippen LogP contribution < -0.4 is 0 Å². The van der Waals surface area contributed by atoms with Crippen LogP contribution in [0.25, 0.3) is 0 Å². The van der Waals surface area contributed by atoms with Crippen LogP contribution in [0.3, 0.4) is 0 Å². The third-order valence-electron chi connectivity index (χ3n) is 4.27. The number of carbonyl (C=O) groups excluding carboxylic acids is 1. The van der Waals surface area contributed by atoms with E-state index in [-0.39, 0.29) is 11.8 Å². The van der Waals surface area contributed by atoms with Crippen molar-refractivity contribution in [2.24, 2.45) is 11.3 Å². The summed E-state index contributed by atoms with van der Waals surface area (Å²) in [7, 11) is 3.51. The summed E-state index contributed by atoms with van der Waals surface area (Å²) in [4.78, 5) is 13.7. The van der Waals surface area contributed by atoms with E-state index in [0.29, 0.717) is 6.42 Å². The van der Waals surface area contributed by atoms with Crippen LogP contribution in [0.2, 0.25) is 0 Å². The average Bonchev–Trinajstić information content (AvgIpc) is 2.43. The van der Waals surface area contributed by atoms with Crippen molar-refractivity contribution >= 4 is 5.91 Å². The lowest BCUT2D eigenvalue weighted by atomic mass is 9.70. The topological polar surface area (TPSA) is 40.5 Å². The van der Waals surface area contributed by atoms with Gasteiger partial charge in [0, 0.05) is 14.1 Å². The Bertz CT molecular complexity index is 264. The lowest BCUT2D eigenvalue weighted by molar-refractivity contribution is -0.157. The highest BCUT2D eigenvalue weighted by Gasteiger charge is 2.58. The quantitative estimate of drug-likeness (QED) is 0.757. The molecule has 0 aromatic rings. The Balaban J connectivity index is 3.08. The van der Waals surface area contributed by atoms with Crippen molar-refractivity contribution in [3.63, 3.8) is 0 Å². The first kappa shape index (κ1) is 12.5. The molecule has 1 amide bonds. The van der Waals surface area contributed by atoms with E-state index in [1.165, 1.54) is 0 Å². The third-order valence-corrected chi connectivity index (χ3v) is 4.27. The highest BCUT2D eigenvalue weighted by atomic mass is 16.3. The Hall–Kier alpha value is -0.570. The second-order valence-corrected chi connectivity index (χ2v) is 5.25. The van der Waals surface area contributed by atoms with Gasteiger partial charge in [-0.1, -0.05) is 13.8 Å². The molecular weight excluding hydrogens is 190 g/mol. The molecule has 0 aliphatic heterocycles. The lowest BCUT2D eigenvalue weighted by Crippen LogP contribution is -2.53. The molecule has 1 aliphatic rings. The minimum atomic E-state index is -0.839. The monoisotopic (exact) mass is 213 g/mol. The van der Waals surface area contributed by atoms with Crippen LogP contribution in [-0.2, 0) is 4.79 Å². The van der Waals surface area contributed by atoms with E-state index >= 15 is 0 Å². The highest BCUT2D eigenvalue weighted by molar-refractivity contribution is 5.83. The Morgan fingerprint density at radius 2 is 2.07 bits per heavy atom. The van der Waals surface area contributed by atoms with Crippen molar-refractivity contribution in [2.45, 2.75) is 45.6 Å². The number of aliphatic hydroxyl groups is 1. The minimum Gasteiger partial charge on any atom is -0.389 e. The van der Waals surface area contributed by atoms with Crippen LogP contribution in [0.5, 0.6) is 0 Å². The Kier molecular flexibility index (Phi) is 3.15. The number of amides is 1. The molecule has 1 fully saturated rings. The molecule has 15 heavy (non-hydrogen) atoms. The van der Waals surface area contributed by atoms with Gasteiger partial charge in [-0.3, -0.25) is 4.79 Å². The van der Waals surface area contributed by atoms with E-state index in [1.807, 2.05) is 20.8 Å². The van der Waals surface area contributed by atoms with E-state index in [1.54, 1.807) is 19.0 Å². The second kappa shape index (κ2) is 3.78. The van der Waals surface area contributed by atoms with Gasteiger partial charge >= 0.3 is 0 Å². The first-order valence-electron chi connectivity index (χ1n) is 5.73. The molecule has 1 saturated carbocycles. The molecule has 0 aromatic carbocycles. The van der Waals surface area contributed by atoms with Gasteiger partial charge in [0.25, 0.3) is 0 Å². The Morgan fingerprint density at radius 3 is 2.47 bits per heavy atom. The summed E-state index contributed by atoms with van der Waals surface area (Å²) in [5.41, 5.74) is -1.45. The maximum Gasteiger partial charge on any atom is 0.230 e. The van der Waals surface area contributed by atoms with E-state index < -0.39 is 11.0 Å². The smallest absolute Gasteiger partial charge is 0.230 e. The summed E-state index contributed by atoms with van der Waals surface area (Å²) in [6.45, 7) is 5.91.